The predicted octanol–water partition coefficient (Wildman–Crippen LogP) is -0.429. The van der Waals surface area contributed by atoms with Gasteiger partial charge in [0, 0.05) is 17.4 Å². The van der Waals surface area contributed by atoms with E-state index in [-0.39, 0.29) is 46.9 Å². The third kappa shape index (κ3) is 108. The Morgan fingerprint density at radius 1 is 1.33 bits per heavy atom. The molecule has 0 rings (SSSR count). The number of rotatable bonds is 0. The van der Waals surface area contributed by atoms with Crippen molar-refractivity contribution >= 4 is 35.7 Å². The van der Waals surface area contributed by atoms with E-state index in [4.69, 9.17) is 15.0 Å². The van der Waals surface area contributed by atoms with Gasteiger partial charge in [-0.15, -0.1) is 0 Å². The topological polar surface area (TPSA) is 57.5 Å². The van der Waals surface area contributed by atoms with Crippen LogP contribution < -0.4 is 0 Å². The molecule has 0 aliphatic heterocycles. The molecule has 0 saturated carbocycles. The minimum absolute atomic E-state index is 0. The Balaban J connectivity index is -0.0000000450. The maximum absolute atomic E-state index is 8.56. The van der Waals surface area contributed by atoms with Crippen LogP contribution in [0.2, 0.25) is 0 Å². The van der Waals surface area contributed by atoms with E-state index in [0.29, 0.717) is 0 Å². The molecule has 32 valence electrons. The minimum atomic E-state index is -1.83. The van der Waals surface area contributed by atoms with E-state index in [9.17, 15) is 0 Å². The van der Waals surface area contributed by atoms with Crippen molar-refractivity contribution < 1.29 is 32.4 Å². The molecular weight excluding hydrogens is 135 g/mol. The Kier molecular flexibility index (Phi) is 24.4. The van der Waals surface area contributed by atoms with Gasteiger partial charge in [0.2, 0.25) is 0 Å². The second-order valence-corrected chi connectivity index (χ2v) is 0.283. The van der Waals surface area contributed by atoms with E-state index in [1.54, 1.807) is 0 Å². The number of carboxylic acid groups (broad SMARTS) is 2. The average molecular weight is 138 g/mol. The van der Waals surface area contributed by atoms with Gasteiger partial charge in [-0.2, -0.15) is 0 Å². The van der Waals surface area contributed by atoms with Gasteiger partial charge in [-0.25, -0.2) is 4.79 Å². The van der Waals surface area contributed by atoms with Gasteiger partial charge in [-0.1, -0.05) is 0 Å². The van der Waals surface area contributed by atoms with Gasteiger partial charge in [-0.3, -0.25) is 0 Å². The fraction of sp³-hybridized carbons (Fsp3) is 0. The third-order valence-electron chi connectivity index (χ3n) is 0. The quantitative estimate of drug-likeness (QED) is 0.446. The van der Waals surface area contributed by atoms with Crippen LogP contribution in [0, 0.1) is 0 Å². The zero-order valence-electron chi connectivity index (χ0n) is 2.21. The molecule has 2 N–H and O–H groups in total. The molecule has 0 aromatic carbocycles. The molecule has 5 heteroatoms. The molecule has 0 heterocycles. The van der Waals surface area contributed by atoms with Crippen LogP contribution in [0.5, 0.6) is 0 Å². The second-order valence-electron chi connectivity index (χ2n) is 0.283. The molecule has 6 heavy (non-hydrogen) atoms. The summed E-state index contributed by atoms with van der Waals surface area (Å²) >= 11 is 0. The zero-order valence-corrected chi connectivity index (χ0v) is 3.49. The molecule has 0 saturated heterocycles. The van der Waals surface area contributed by atoms with Crippen LogP contribution in [0.15, 0.2) is 0 Å². The first-order valence-corrected chi connectivity index (χ1v) is 0.651. The van der Waals surface area contributed by atoms with Gasteiger partial charge >= 0.3 is 35.7 Å². The SMILES string of the molecule is O=C(O)O.[Cr].[NaH]. The van der Waals surface area contributed by atoms with E-state index in [1.807, 2.05) is 0 Å². The number of carbonyl (C=O) groups is 1. The standard InChI is InChI=1S/CH2O3.Cr.Na.H/c2-1(3)4;;;/h(H2,2,3,4);;;. The Hall–Kier alpha value is 0.802. The fourth-order valence-corrected chi connectivity index (χ4v) is 0. The Bertz CT molecular complexity index is 33.8. The first kappa shape index (κ1) is 15.8. The Morgan fingerprint density at radius 2 is 1.33 bits per heavy atom. The summed E-state index contributed by atoms with van der Waals surface area (Å²) in [5.41, 5.74) is 0. The molecule has 0 fully saturated rings. The van der Waals surface area contributed by atoms with Crippen molar-refractivity contribution in [3.8, 4) is 0 Å². The number of hydrogen-bond acceptors (Lipinski definition) is 1. The first-order chi connectivity index (χ1) is 1.73. The summed E-state index contributed by atoms with van der Waals surface area (Å²) in [6.45, 7) is 0. The van der Waals surface area contributed by atoms with Crippen LogP contribution >= 0.6 is 0 Å². The van der Waals surface area contributed by atoms with Crippen molar-refractivity contribution in [3.05, 3.63) is 0 Å². The van der Waals surface area contributed by atoms with Crippen molar-refractivity contribution in [1.29, 1.82) is 0 Å². The van der Waals surface area contributed by atoms with E-state index < -0.39 is 6.16 Å². The summed E-state index contributed by atoms with van der Waals surface area (Å²) in [5, 5.41) is 13.9. The van der Waals surface area contributed by atoms with E-state index >= 15 is 0 Å². The summed E-state index contributed by atoms with van der Waals surface area (Å²) in [4.78, 5) is 8.56. The fourth-order valence-electron chi connectivity index (χ4n) is 0. The average Bonchev–Trinajstić information content (AvgIpc) is 0.811. The van der Waals surface area contributed by atoms with Gasteiger partial charge in [0.05, 0.1) is 0 Å². The van der Waals surface area contributed by atoms with Crippen LogP contribution in [0.4, 0.5) is 4.79 Å². The molecule has 0 aromatic heterocycles. The molecule has 0 amide bonds. The van der Waals surface area contributed by atoms with Crippen molar-refractivity contribution in [2.45, 2.75) is 0 Å². The molecule has 0 radical (unpaired) electrons. The van der Waals surface area contributed by atoms with Gasteiger partial charge in [0.15, 0.2) is 0 Å². The summed E-state index contributed by atoms with van der Waals surface area (Å²) in [6, 6.07) is 0. The van der Waals surface area contributed by atoms with Gasteiger partial charge < -0.3 is 10.2 Å². The monoisotopic (exact) mass is 138 g/mol. The molecule has 0 atom stereocenters. The van der Waals surface area contributed by atoms with E-state index in [1.165, 1.54) is 0 Å². The molecule has 0 aliphatic carbocycles. The van der Waals surface area contributed by atoms with Crippen molar-refractivity contribution in [2.24, 2.45) is 0 Å². The van der Waals surface area contributed by atoms with Gasteiger partial charge in [0.25, 0.3) is 0 Å². The van der Waals surface area contributed by atoms with Crippen LogP contribution in [-0.2, 0) is 17.4 Å². The normalized spacial score (nSPS) is 4.00. The zero-order chi connectivity index (χ0) is 3.58. The molecule has 0 unspecified atom stereocenters. The second kappa shape index (κ2) is 9.26. The third-order valence-corrected chi connectivity index (χ3v) is 0. The van der Waals surface area contributed by atoms with Crippen molar-refractivity contribution in [3.63, 3.8) is 0 Å². The first-order valence-electron chi connectivity index (χ1n) is 0.651. The van der Waals surface area contributed by atoms with Crippen LogP contribution in [0.1, 0.15) is 0 Å². The Labute approximate surface area is 67.8 Å². The molecule has 0 bridgehead atoms. The maximum atomic E-state index is 8.56. The van der Waals surface area contributed by atoms with Crippen LogP contribution in [0.25, 0.3) is 0 Å². The molecule has 0 aliphatic rings. The molecule has 0 aromatic rings. The molecule has 3 nitrogen and oxygen atoms in total. The Morgan fingerprint density at radius 3 is 1.33 bits per heavy atom. The predicted molar refractivity (Wildman–Crippen MR) is 17.8 cm³/mol. The number of hydrogen-bond donors (Lipinski definition) is 2. The van der Waals surface area contributed by atoms with E-state index in [2.05, 4.69) is 0 Å². The summed E-state index contributed by atoms with van der Waals surface area (Å²) in [7, 11) is 0. The van der Waals surface area contributed by atoms with Crippen molar-refractivity contribution in [1.82, 2.24) is 0 Å². The molecular formula is CH3CrNaO3. The van der Waals surface area contributed by atoms with Crippen LogP contribution in [-0.4, -0.2) is 45.9 Å². The molecule has 0 spiro atoms. The van der Waals surface area contributed by atoms with Crippen molar-refractivity contribution in [2.75, 3.05) is 0 Å². The van der Waals surface area contributed by atoms with Gasteiger partial charge in [-0.05, 0) is 0 Å². The van der Waals surface area contributed by atoms with E-state index in [0.717, 1.165) is 0 Å². The summed E-state index contributed by atoms with van der Waals surface area (Å²) in [6.07, 6.45) is -1.83. The van der Waals surface area contributed by atoms with Crippen LogP contribution in [0.3, 0.4) is 0 Å². The van der Waals surface area contributed by atoms with Gasteiger partial charge in [0.1, 0.15) is 0 Å². The summed E-state index contributed by atoms with van der Waals surface area (Å²) in [5.74, 6) is 0. The summed E-state index contributed by atoms with van der Waals surface area (Å²) < 4.78 is 0.